The summed E-state index contributed by atoms with van der Waals surface area (Å²) in [6, 6.07) is 2.56. The molecule has 106 valence electrons. The predicted octanol–water partition coefficient (Wildman–Crippen LogP) is 1.30. The van der Waals surface area contributed by atoms with Crippen LogP contribution in [0.5, 0.6) is 11.5 Å². The van der Waals surface area contributed by atoms with Crippen LogP contribution in [0.25, 0.3) is 10.9 Å². The third-order valence-electron chi connectivity index (χ3n) is 2.48. The highest BCUT2D eigenvalue weighted by molar-refractivity contribution is 6.28. The maximum absolute atomic E-state index is 10.7. The number of fused-ring (bicyclic) bond motifs is 1. The Morgan fingerprint density at radius 1 is 1.25 bits per heavy atom. The molecule has 0 saturated carbocycles. The fourth-order valence-electron chi connectivity index (χ4n) is 1.64. The van der Waals surface area contributed by atoms with Gasteiger partial charge in [0, 0.05) is 11.5 Å². The van der Waals surface area contributed by atoms with Crippen LogP contribution in [0, 0.1) is 0 Å². The van der Waals surface area contributed by atoms with Gasteiger partial charge in [-0.2, -0.15) is 4.98 Å². The minimum Gasteiger partial charge on any atom is -0.493 e. The topological polar surface area (TPSA) is 111 Å². The normalized spacial score (nSPS) is 10.2. The molecule has 0 unspecified atom stereocenters. The standard InChI is InChI=1S/C11H12ClN5O3/c1-19-7-3-5-6(4-8(7)20-2)14-10(12)15-9(5)16-17-11(13)18/h3-4H,1-2H3,(H3,13,17,18)(H,14,15,16). The number of nitrogens with one attached hydrogen (secondary N) is 2. The van der Waals surface area contributed by atoms with Gasteiger partial charge in [0.25, 0.3) is 0 Å². The molecule has 0 atom stereocenters. The van der Waals surface area contributed by atoms with Crippen molar-refractivity contribution in [2.75, 3.05) is 19.6 Å². The van der Waals surface area contributed by atoms with Crippen molar-refractivity contribution >= 4 is 34.4 Å². The zero-order chi connectivity index (χ0) is 14.7. The smallest absolute Gasteiger partial charge is 0.330 e. The largest absolute Gasteiger partial charge is 0.493 e. The third-order valence-corrected chi connectivity index (χ3v) is 2.65. The first-order valence-corrected chi connectivity index (χ1v) is 5.83. The number of halogens is 1. The van der Waals surface area contributed by atoms with Crippen LogP contribution < -0.4 is 26.1 Å². The highest BCUT2D eigenvalue weighted by Gasteiger charge is 2.12. The maximum Gasteiger partial charge on any atom is 0.330 e. The molecule has 2 amide bonds. The van der Waals surface area contributed by atoms with Gasteiger partial charge < -0.3 is 15.2 Å². The monoisotopic (exact) mass is 297 g/mol. The number of hydrogen-bond acceptors (Lipinski definition) is 6. The molecule has 0 saturated heterocycles. The number of nitrogens with two attached hydrogens (primary N) is 1. The molecule has 1 heterocycles. The molecule has 2 rings (SSSR count). The highest BCUT2D eigenvalue weighted by atomic mass is 35.5. The van der Waals surface area contributed by atoms with Crippen molar-refractivity contribution in [2.24, 2.45) is 5.73 Å². The van der Waals surface area contributed by atoms with Gasteiger partial charge in [0.05, 0.1) is 19.7 Å². The average Bonchev–Trinajstić information content (AvgIpc) is 2.42. The van der Waals surface area contributed by atoms with E-state index in [2.05, 4.69) is 20.8 Å². The minimum absolute atomic E-state index is 0.0125. The number of hydrogen-bond donors (Lipinski definition) is 3. The van der Waals surface area contributed by atoms with Crippen LogP contribution in [0.15, 0.2) is 12.1 Å². The Balaban J connectivity index is 2.58. The van der Waals surface area contributed by atoms with E-state index >= 15 is 0 Å². The molecule has 1 aromatic carbocycles. The summed E-state index contributed by atoms with van der Waals surface area (Å²) in [5.41, 5.74) is 10.3. The Morgan fingerprint density at radius 3 is 2.50 bits per heavy atom. The first-order chi connectivity index (χ1) is 9.55. The number of hydrazine groups is 1. The lowest BCUT2D eigenvalue weighted by Gasteiger charge is -2.12. The number of urea groups is 1. The fourth-order valence-corrected chi connectivity index (χ4v) is 1.82. The van der Waals surface area contributed by atoms with Crippen LogP contribution >= 0.6 is 11.6 Å². The quantitative estimate of drug-likeness (QED) is 0.579. The van der Waals surface area contributed by atoms with Gasteiger partial charge in [0.1, 0.15) is 0 Å². The molecular formula is C11H12ClN5O3. The Kier molecular flexibility index (Phi) is 3.94. The van der Waals surface area contributed by atoms with Gasteiger partial charge >= 0.3 is 6.03 Å². The number of nitrogens with zero attached hydrogens (tertiary/aromatic N) is 2. The first kappa shape index (κ1) is 13.9. The number of ether oxygens (including phenoxy) is 2. The zero-order valence-corrected chi connectivity index (χ0v) is 11.5. The fraction of sp³-hybridized carbons (Fsp3) is 0.182. The molecule has 1 aromatic heterocycles. The summed E-state index contributed by atoms with van der Waals surface area (Å²) >= 11 is 5.83. The Hall–Kier alpha value is -2.48. The molecule has 0 fully saturated rings. The van der Waals surface area contributed by atoms with E-state index in [1.165, 1.54) is 14.2 Å². The van der Waals surface area contributed by atoms with E-state index in [-0.39, 0.29) is 5.28 Å². The van der Waals surface area contributed by atoms with E-state index in [4.69, 9.17) is 26.8 Å². The van der Waals surface area contributed by atoms with Gasteiger partial charge in [-0.3, -0.25) is 10.9 Å². The third kappa shape index (κ3) is 2.75. The van der Waals surface area contributed by atoms with Crippen molar-refractivity contribution in [1.82, 2.24) is 15.4 Å². The van der Waals surface area contributed by atoms with Crippen molar-refractivity contribution in [3.8, 4) is 11.5 Å². The lowest BCUT2D eigenvalue weighted by molar-refractivity contribution is 0.250. The molecule has 0 radical (unpaired) electrons. The molecule has 0 aliphatic rings. The van der Waals surface area contributed by atoms with E-state index in [1.54, 1.807) is 12.1 Å². The van der Waals surface area contributed by atoms with E-state index < -0.39 is 6.03 Å². The van der Waals surface area contributed by atoms with Gasteiger partial charge in [-0.15, -0.1) is 0 Å². The van der Waals surface area contributed by atoms with Crippen LogP contribution in [-0.2, 0) is 0 Å². The van der Waals surface area contributed by atoms with Gasteiger partial charge in [-0.25, -0.2) is 9.78 Å². The molecule has 20 heavy (non-hydrogen) atoms. The molecule has 9 heteroatoms. The number of benzene rings is 1. The van der Waals surface area contributed by atoms with Gasteiger partial charge in [-0.05, 0) is 17.7 Å². The summed E-state index contributed by atoms with van der Waals surface area (Å²) in [6.45, 7) is 0. The molecule has 8 nitrogen and oxygen atoms in total. The number of carbonyl (C=O) groups is 1. The molecular weight excluding hydrogens is 286 g/mol. The summed E-state index contributed by atoms with van der Waals surface area (Å²) in [4.78, 5) is 18.8. The van der Waals surface area contributed by atoms with Crippen molar-refractivity contribution < 1.29 is 14.3 Å². The number of aromatic nitrogens is 2. The molecule has 0 aliphatic carbocycles. The summed E-state index contributed by atoms with van der Waals surface area (Å²) in [6.07, 6.45) is 0. The predicted molar refractivity (Wildman–Crippen MR) is 74.0 cm³/mol. The number of carbonyl (C=O) groups excluding carboxylic acids is 1. The van der Waals surface area contributed by atoms with Gasteiger partial charge in [-0.1, -0.05) is 0 Å². The van der Waals surface area contributed by atoms with Gasteiger partial charge in [0.15, 0.2) is 17.3 Å². The number of rotatable bonds is 4. The molecule has 4 N–H and O–H groups in total. The summed E-state index contributed by atoms with van der Waals surface area (Å²) in [7, 11) is 3.02. The summed E-state index contributed by atoms with van der Waals surface area (Å²) in [5, 5.41) is 0.597. The van der Waals surface area contributed by atoms with Crippen molar-refractivity contribution in [3.05, 3.63) is 17.4 Å². The van der Waals surface area contributed by atoms with Crippen LogP contribution in [-0.4, -0.2) is 30.2 Å². The summed E-state index contributed by atoms with van der Waals surface area (Å²) in [5.74, 6) is 1.29. The number of primary amides is 1. The lowest BCUT2D eigenvalue weighted by atomic mass is 10.2. The number of amides is 2. The number of methoxy groups -OCH3 is 2. The van der Waals surface area contributed by atoms with E-state index in [0.717, 1.165) is 0 Å². The summed E-state index contributed by atoms with van der Waals surface area (Å²) < 4.78 is 10.4. The van der Waals surface area contributed by atoms with Crippen LogP contribution in [0.1, 0.15) is 0 Å². The average molecular weight is 298 g/mol. The Bertz CT molecular complexity index is 664. The van der Waals surface area contributed by atoms with Crippen LogP contribution in [0.4, 0.5) is 10.6 Å². The van der Waals surface area contributed by atoms with Crippen molar-refractivity contribution in [3.63, 3.8) is 0 Å². The maximum atomic E-state index is 10.7. The molecule has 0 aliphatic heterocycles. The second kappa shape index (κ2) is 5.66. The molecule has 0 spiro atoms. The molecule has 2 aromatic rings. The first-order valence-electron chi connectivity index (χ1n) is 5.46. The Labute approximate surface area is 119 Å². The second-order valence-corrected chi connectivity index (χ2v) is 4.02. The number of anilines is 1. The zero-order valence-electron chi connectivity index (χ0n) is 10.7. The van der Waals surface area contributed by atoms with E-state index in [1.807, 2.05) is 0 Å². The van der Waals surface area contributed by atoms with Crippen LogP contribution in [0.2, 0.25) is 5.28 Å². The minimum atomic E-state index is -0.756. The SMILES string of the molecule is COc1cc2nc(Cl)nc(NNC(N)=O)c2cc1OC. The second-order valence-electron chi connectivity index (χ2n) is 3.68. The molecule has 0 bridgehead atoms. The lowest BCUT2D eigenvalue weighted by Crippen LogP contribution is -2.34. The van der Waals surface area contributed by atoms with E-state index in [9.17, 15) is 4.79 Å². The van der Waals surface area contributed by atoms with Crippen molar-refractivity contribution in [1.29, 1.82) is 0 Å². The van der Waals surface area contributed by atoms with E-state index in [0.29, 0.717) is 28.2 Å². The van der Waals surface area contributed by atoms with Crippen molar-refractivity contribution in [2.45, 2.75) is 0 Å². The van der Waals surface area contributed by atoms with Crippen LogP contribution in [0.3, 0.4) is 0 Å². The van der Waals surface area contributed by atoms with Gasteiger partial charge in [0.2, 0.25) is 5.28 Å². The highest BCUT2D eigenvalue weighted by Crippen LogP contribution is 2.34. The Morgan fingerprint density at radius 2 is 1.90 bits per heavy atom.